The fourth-order valence-electron chi connectivity index (χ4n) is 1.98. The molecule has 4 nitrogen and oxygen atoms in total. The Balaban J connectivity index is 2.64. The molecule has 0 unspecified atom stereocenters. The molecule has 2 aromatic rings. The second kappa shape index (κ2) is 5.84. The predicted octanol–water partition coefficient (Wildman–Crippen LogP) is 4.21. The number of ether oxygens (including phenoxy) is 1. The Morgan fingerprint density at radius 3 is 1.96 bits per heavy atom. The lowest BCUT2D eigenvalue weighted by atomic mass is 10.0. The molecule has 1 N–H and O–H groups in total. The number of alkyl halides is 6. The number of esters is 1. The van der Waals surface area contributed by atoms with E-state index in [1.807, 2.05) is 0 Å². The molecule has 0 aliphatic carbocycles. The number of rotatable bonds is 2. The van der Waals surface area contributed by atoms with Gasteiger partial charge in [-0.3, -0.25) is 0 Å². The number of carbonyl (C=O) groups is 1. The number of benzene rings is 1. The molecule has 0 atom stereocenters. The standard InChI is InChI=1S/C14H10F6N2O2/c1-6-10(12(23)24-2)22-11(21-6)7-3-8(13(15,16)17)5-9(4-7)14(18,19)20/h3-5H,1-2H3,(H,21,22). The van der Waals surface area contributed by atoms with Crippen LogP contribution < -0.4 is 0 Å². The summed E-state index contributed by atoms with van der Waals surface area (Å²) in [4.78, 5) is 17.7. The van der Waals surface area contributed by atoms with Crippen LogP contribution in [0.1, 0.15) is 27.3 Å². The van der Waals surface area contributed by atoms with Crippen molar-refractivity contribution in [2.24, 2.45) is 0 Å². The summed E-state index contributed by atoms with van der Waals surface area (Å²) >= 11 is 0. The Hall–Kier alpha value is -2.52. The number of aryl methyl sites for hydroxylation is 1. The molecule has 130 valence electrons. The SMILES string of the molecule is COC(=O)c1nc(-c2cc(C(F)(F)F)cc(C(F)(F)F)c2)[nH]c1C. The van der Waals surface area contributed by atoms with Gasteiger partial charge in [-0.05, 0) is 25.1 Å². The van der Waals surface area contributed by atoms with E-state index >= 15 is 0 Å². The smallest absolute Gasteiger partial charge is 0.416 e. The highest BCUT2D eigenvalue weighted by molar-refractivity contribution is 5.89. The van der Waals surface area contributed by atoms with Gasteiger partial charge in [-0.25, -0.2) is 9.78 Å². The number of carbonyl (C=O) groups excluding carboxylic acids is 1. The minimum Gasteiger partial charge on any atom is -0.464 e. The monoisotopic (exact) mass is 352 g/mol. The molecule has 1 aromatic heterocycles. The van der Waals surface area contributed by atoms with Gasteiger partial charge in [0, 0.05) is 11.3 Å². The highest BCUT2D eigenvalue weighted by Crippen LogP contribution is 2.38. The van der Waals surface area contributed by atoms with Crippen LogP contribution in [0.5, 0.6) is 0 Å². The number of hydrogen-bond acceptors (Lipinski definition) is 3. The molecule has 0 aliphatic rings. The first kappa shape index (κ1) is 17.8. The molecule has 0 bridgehead atoms. The average molecular weight is 352 g/mol. The molecular formula is C14H10F6N2O2. The van der Waals surface area contributed by atoms with Crippen LogP contribution in [0.15, 0.2) is 18.2 Å². The van der Waals surface area contributed by atoms with Gasteiger partial charge in [0.2, 0.25) is 0 Å². The first-order chi connectivity index (χ1) is 10.9. The Labute approximate surface area is 131 Å². The molecule has 0 aliphatic heterocycles. The normalized spacial score (nSPS) is 12.3. The van der Waals surface area contributed by atoms with Crippen LogP contribution in [0, 0.1) is 6.92 Å². The molecule has 0 saturated carbocycles. The summed E-state index contributed by atoms with van der Waals surface area (Å²) in [5.74, 6) is -1.16. The van der Waals surface area contributed by atoms with Gasteiger partial charge in [0.15, 0.2) is 5.69 Å². The second-order valence-corrected chi connectivity index (χ2v) is 4.85. The van der Waals surface area contributed by atoms with Gasteiger partial charge >= 0.3 is 18.3 Å². The molecule has 1 aromatic carbocycles. The van der Waals surface area contributed by atoms with Gasteiger partial charge in [-0.15, -0.1) is 0 Å². The van der Waals surface area contributed by atoms with Crippen molar-refractivity contribution in [3.8, 4) is 11.4 Å². The number of H-pyrrole nitrogens is 1. The first-order valence-corrected chi connectivity index (χ1v) is 6.38. The summed E-state index contributed by atoms with van der Waals surface area (Å²) in [6.07, 6.45) is -9.94. The van der Waals surface area contributed by atoms with Gasteiger partial charge in [0.1, 0.15) is 5.82 Å². The molecule has 0 amide bonds. The quantitative estimate of drug-likeness (QED) is 0.651. The van der Waals surface area contributed by atoms with E-state index < -0.39 is 35.0 Å². The highest BCUT2D eigenvalue weighted by atomic mass is 19.4. The van der Waals surface area contributed by atoms with E-state index in [9.17, 15) is 31.1 Å². The van der Waals surface area contributed by atoms with Crippen molar-refractivity contribution in [2.75, 3.05) is 7.11 Å². The van der Waals surface area contributed by atoms with Crippen LogP contribution in [-0.2, 0) is 17.1 Å². The van der Waals surface area contributed by atoms with Crippen molar-refractivity contribution in [3.05, 3.63) is 40.7 Å². The van der Waals surface area contributed by atoms with Gasteiger partial charge in [0.05, 0.1) is 18.2 Å². The molecule has 2 rings (SSSR count). The van der Waals surface area contributed by atoms with Crippen molar-refractivity contribution in [1.82, 2.24) is 9.97 Å². The maximum absolute atomic E-state index is 12.8. The molecule has 0 saturated heterocycles. The summed E-state index contributed by atoms with van der Waals surface area (Å²) in [7, 11) is 1.07. The van der Waals surface area contributed by atoms with E-state index in [1.165, 1.54) is 6.92 Å². The van der Waals surface area contributed by atoms with Crippen LogP contribution in [0.2, 0.25) is 0 Å². The van der Waals surface area contributed by atoms with E-state index in [4.69, 9.17) is 0 Å². The topological polar surface area (TPSA) is 55.0 Å². The van der Waals surface area contributed by atoms with Gasteiger partial charge in [-0.2, -0.15) is 26.3 Å². The summed E-state index contributed by atoms with van der Waals surface area (Å²) < 4.78 is 81.5. The zero-order chi connectivity index (χ0) is 18.3. The van der Waals surface area contributed by atoms with Crippen LogP contribution in [-0.4, -0.2) is 23.0 Å². The number of aromatic nitrogens is 2. The molecular weight excluding hydrogens is 342 g/mol. The maximum atomic E-state index is 12.8. The van der Waals surface area contributed by atoms with Crippen molar-refractivity contribution in [3.63, 3.8) is 0 Å². The molecule has 0 spiro atoms. The minimum absolute atomic E-state index is 0.0144. The summed E-state index contributed by atoms with van der Waals surface area (Å²) in [6.45, 7) is 1.39. The van der Waals surface area contributed by atoms with Gasteiger partial charge < -0.3 is 9.72 Å². The lowest BCUT2D eigenvalue weighted by Gasteiger charge is -2.13. The Bertz CT molecular complexity index is 744. The largest absolute Gasteiger partial charge is 0.464 e. The van der Waals surface area contributed by atoms with E-state index in [0.717, 1.165) is 7.11 Å². The Morgan fingerprint density at radius 1 is 1.04 bits per heavy atom. The summed E-state index contributed by atoms with van der Waals surface area (Å²) in [5.41, 5.74) is -3.46. The van der Waals surface area contributed by atoms with Gasteiger partial charge in [-0.1, -0.05) is 0 Å². The Kier molecular flexibility index (Phi) is 4.34. The third-order valence-corrected chi connectivity index (χ3v) is 3.12. The lowest BCUT2D eigenvalue weighted by molar-refractivity contribution is -0.143. The van der Waals surface area contributed by atoms with E-state index in [1.54, 1.807) is 0 Å². The fraction of sp³-hybridized carbons (Fsp3) is 0.286. The molecule has 24 heavy (non-hydrogen) atoms. The fourth-order valence-corrected chi connectivity index (χ4v) is 1.98. The lowest BCUT2D eigenvalue weighted by Crippen LogP contribution is -2.11. The molecule has 1 heterocycles. The van der Waals surface area contributed by atoms with E-state index in [0.29, 0.717) is 12.1 Å². The number of aromatic amines is 1. The number of methoxy groups -OCH3 is 1. The Morgan fingerprint density at radius 2 is 1.54 bits per heavy atom. The third-order valence-electron chi connectivity index (χ3n) is 3.12. The molecule has 10 heteroatoms. The van der Waals surface area contributed by atoms with Crippen LogP contribution in [0.3, 0.4) is 0 Å². The number of halogens is 6. The number of nitrogens with one attached hydrogen (secondary N) is 1. The van der Waals surface area contributed by atoms with Crippen molar-refractivity contribution < 1.29 is 35.9 Å². The number of imidazole rings is 1. The summed E-state index contributed by atoms with van der Waals surface area (Å²) in [5, 5.41) is 0. The van der Waals surface area contributed by atoms with Crippen molar-refractivity contribution in [2.45, 2.75) is 19.3 Å². The number of hydrogen-bond donors (Lipinski definition) is 1. The zero-order valence-electron chi connectivity index (χ0n) is 12.3. The van der Waals surface area contributed by atoms with Crippen molar-refractivity contribution in [1.29, 1.82) is 0 Å². The second-order valence-electron chi connectivity index (χ2n) is 4.85. The minimum atomic E-state index is -4.97. The first-order valence-electron chi connectivity index (χ1n) is 6.38. The molecule has 0 radical (unpaired) electrons. The van der Waals surface area contributed by atoms with Crippen LogP contribution in [0.25, 0.3) is 11.4 Å². The molecule has 0 fully saturated rings. The van der Waals surface area contributed by atoms with Crippen LogP contribution in [0.4, 0.5) is 26.3 Å². The summed E-state index contributed by atoms with van der Waals surface area (Å²) in [6, 6.07) is 1.06. The highest BCUT2D eigenvalue weighted by Gasteiger charge is 2.37. The van der Waals surface area contributed by atoms with E-state index in [2.05, 4.69) is 14.7 Å². The van der Waals surface area contributed by atoms with Gasteiger partial charge in [0.25, 0.3) is 0 Å². The third kappa shape index (κ3) is 3.52. The number of nitrogens with zero attached hydrogens (tertiary/aromatic N) is 1. The maximum Gasteiger partial charge on any atom is 0.416 e. The van der Waals surface area contributed by atoms with Crippen molar-refractivity contribution >= 4 is 5.97 Å². The van der Waals surface area contributed by atoms with E-state index in [-0.39, 0.29) is 23.3 Å². The predicted molar refractivity (Wildman–Crippen MR) is 70.1 cm³/mol. The zero-order valence-corrected chi connectivity index (χ0v) is 12.3. The average Bonchev–Trinajstić information content (AvgIpc) is 2.86. The van der Waals surface area contributed by atoms with Crippen LogP contribution >= 0.6 is 0 Å².